The Morgan fingerprint density at radius 1 is 1.05 bits per heavy atom. The van der Waals surface area contributed by atoms with Gasteiger partial charge in [0.2, 0.25) is 0 Å². The van der Waals surface area contributed by atoms with Gasteiger partial charge in [0.15, 0.2) is 0 Å². The number of aryl methyl sites for hydroxylation is 2. The second kappa shape index (κ2) is 14.8. The van der Waals surface area contributed by atoms with Gasteiger partial charge in [0, 0.05) is 0 Å². The van der Waals surface area contributed by atoms with E-state index in [0.29, 0.717) is 0 Å². The molecule has 1 atom stereocenters. The molecule has 0 amide bonds. The fourth-order valence-corrected chi connectivity index (χ4v) is 1.94. The zero-order chi connectivity index (χ0) is 17.5. The summed E-state index contributed by atoms with van der Waals surface area (Å²) < 4.78 is 0. The second-order valence-electron chi connectivity index (χ2n) is 6.24. The number of carbonyl (C=O) groups is 1. The molecule has 0 saturated heterocycles. The topological polar surface area (TPSA) is 43.1 Å². The molecule has 0 spiro atoms. The van der Waals surface area contributed by atoms with Gasteiger partial charge in [-0.2, -0.15) is 0 Å². The maximum absolute atomic E-state index is 10.0. The van der Waals surface area contributed by atoms with E-state index in [1.807, 2.05) is 0 Å². The van der Waals surface area contributed by atoms with E-state index in [9.17, 15) is 4.79 Å². The predicted molar refractivity (Wildman–Crippen MR) is 99.2 cm³/mol. The Morgan fingerprint density at radius 3 is 1.59 bits per heavy atom. The quantitative estimate of drug-likeness (QED) is 0.786. The number of Topliss-reactive ketones (excluding diaryl/α,β-unsaturated/α-hetero) is 1. The van der Waals surface area contributed by atoms with Crippen LogP contribution in [0.5, 0.6) is 0 Å². The molecule has 128 valence electrons. The normalized spacial score (nSPS) is 11.0. The highest BCUT2D eigenvalue weighted by atomic mass is 16.1. The SMILES string of the molecule is CC(=O)C(C)N.CCCC(C)CCC.Cc1cccc(C)c1. The zero-order valence-corrected chi connectivity index (χ0v) is 15.8. The van der Waals surface area contributed by atoms with Crippen LogP contribution in [-0.2, 0) is 4.79 Å². The summed E-state index contributed by atoms with van der Waals surface area (Å²) in [6, 6.07) is 8.16. The van der Waals surface area contributed by atoms with Crippen molar-refractivity contribution >= 4 is 5.78 Å². The third-order valence-corrected chi connectivity index (χ3v) is 3.38. The summed E-state index contributed by atoms with van der Waals surface area (Å²) in [6.07, 6.45) is 5.52. The lowest BCUT2D eigenvalue weighted by Crippen LogP contribution is -2.23. The monoisotopic (exact) mass is 307 g/mol. The van der Waals surface area contributed by atoms with Gasteiger partial charge in [-0.1, -0.05) is 81.8 Å². The van der Waals surface area contributed by atoms with Crippen LogP contribution in [0.25, 0.3) is 0 Å². The minimum atomic E-state index is -0.287. The lowest BCUT2D eigenvalue weighted by Gasteiger charge is -2.05. The highest BCUT2D eigenvalue weighted by Gasteiger charge is 1.96. The molecule has 0 aliphatic heterocycles. The zero-order valence-electron chi connectivity index (χ0n) is 15.8. The van der Waals surface area contributed by atoms with E-state index < -0.39 is 0 Å². The number of ketones is 1. The van der Waals surface area contributed by atoms with Gasteiger partial charge >= 0.3 is 0 Å². The lowest BCUT2D eigenvalue weighted by molar-refractivity contribution is -0.117. The molecular weight excluding hydrogens is 270 g/mol. The number of rotatable bonds is 5. The first kappa shape index (κ1) is 23.1. The van der Waals surface area contributed by atoms with Crippen molar-refractivity contribution in [3.05, 3.63) is 35.4 Å². The molecule has 2 heteroatoms. The third-order valence-electron chi connectivity index (χ3n) is 3.38. The molecular formula is C20H37NO. The van der Waals surface area contributed by atoms with E-state index >= 15 is 0 Å². The Kier molecular flexibility index (Phi) is 15.5. The van der Waals surface area contributed by atoms with Gasteiger partial charge in [-0.3, -0.25) is 4.79 Å². The maximum atomic E-state index is 10.0. The molecule has 1 aromatic carbocycles. The fourth-order valence-electron chi connectivity index (χ4n) is 1.94. The molecule has 2 nitrogen and oxygen atoms in total. The maximum Gasteiger partial charge on any atom is 0.146 e. The van der Waals surface area contributed by atoms with Gasteiger partial charge < -0.3 is 5.73 Å². The molecule has 1 rings (SSSR count). The Balaban J connectivity index is 0. The van der Waals surface area contributed by atoms with E-state index in [2.05, 4.69) is 58.9 Å². The van der Waals surface area contributed by atoms with Crippen molar-refractivity contribution in [1.29, 1.82) is 0 Å². The van der Waals surface area contributed by atoms with Gasteiger partial charge in [0.1, 0.15) is 5.78 Å². The highest BCUT2D eigenvalue weighted by molar-refractivity contribution is 5.80. The number of hydrogen-bond donors (Lipinski definition) is 1. The molecule has 0 aromatic heterocycles. The summed E-state index contributed by atoms with van der Waals surface area (Å²) in [5.74, 6) is 1.00. The average Bonchev–Trinajstić information content (AvgIpc) is 2.40. The average molecular weight is 308 g/mol. The summed E-state index contributed by atoms with van der Waals surface area (Å²) >= 11 is 0. The standard InChI is InChI=1S/C8H10.C8H18.C4H9NO/c1-7-4-3-5-8(2)6-7;1-4-6-8(3)7-5-2;1-3(5)4(2)6/h3-6H,1-2H3;8H,4-7H2,1-3H3;3H,5H2,1-2H3. The van der Waals surface area contributed by atoms with Crippen LogP contribution in [-0.4, -0.2) is 11.8 Å². The summed E-state index contributed by atoms with van der Waals surface area (Å²) in [5.41, 5.74) is 7.76. The minimum Gasteiger partial charge on any atom is -0.322 e. The van der Waals surface area contributed by atoms with Crippen LogP contribution >= 0.6 is 0 Å². The smallest absolute Gasteiger partial charge is 0.146 e. The molecule has 0 aliphatic carbocycles. The Bertz CT molecular complexity index is 362. The van der Waals surface area contributed by atoms with E-state index in [1.54, 1.807) is 6.92 Å². The number of nitrogens with two attached hydrogens (primary N) is 1. The molecule has 0 heterocycles. The Hall–Kier alpha value is -1.15. The molecule has 1 aromatic rings. The van der Waals surface area contributed by atoms with Crippen LogP contribution in [0.15, 0.2) is 24.3 Å². The van der Waals surface area contributed by atoms with Gasteiger partial charge in [0.05, 0.1) is 6.04 Å². The number of benzene rings is 1. The first-order valence-corrected chi connectivity index (χ1v) is 8.53. The Morgan fingerprint density at radius 2 is 1.41 bits per heavy atom. The van der Waals surface area contributed by atoms with Crippen molar-refractivity contribution in [2.75, 3.05) is 0 Å². The fraction of sp³-hybridized carbons (Fsp3) is 0.650. The van der Waals surface area contributed by atoms with Crippen molar-refractivity contribution in [2.45, 2.75) is 80.2 Å². The number of carbonyl (C=O) groups excluding carboxylic acids is 1. The molecule has 0 bridgehead atoms. The largest absolute Gasteiger partial charge is 0.322 e. The van der Waals surface area contributed by atoms with E-state index in [1.165, 1.54) is 43.7 Å². The second-order valence-corrected chi connectivity index (χ2v) is 6.24. The molecule has 1 unspecified atom stereocenters. The molecule has 0 radical (unpaired) electrons. The first-order chi connectivity index (χ1) is 10.2. The highest BCUT2D eigenvalue weighted by Crippen LogP contribution is 2.10. The van der Waals surface area contributed by atoms with E-state index in [-0.39, 0.29) is 11.8 Å². The summed E-state index contributed by atoms with van der Waals surface area (Å²) in [5, 5.41) is 0. The van der Waals surface area contributed by atoms with E-state index in [4.69, 9.17) is 5.73 Å². The molecule has 22 heavy (non-hydrogen) atoms. The minimum absolute atomic E-state index is 0.0370. The van der Waals surface area contributed by atoms with Crippen molar-refractivity contribution in [3.63, 3.8) is 0 Å². The Labute approximate surface area is 138 Å². The molecule has 2 N–H and O–H groups in total. The van der Waals surface area contributed by atoms with Crippen LogP contribution < -0.4 is 5.73 Å². The summed E-state index contributed by atoms with van der Waals surface area (Å²) in [7, 11) is 0. The first-order valence-electron chi connectivity index (χ1n) is 8.53. The van der Waals surface area contributed by atoms with Crippen LogP contribution in [0.4, 0.5) is 0 Å². The van der Waals surface area contributed by atoms with Crippen molar-refractivity contribution in [3.8, 4) is 0 Å². The van der Waals surface area contributed by atoms with Gasteiger partial charge in [-0.25, -0.2) is 0 Å². The van der Waals surface area contributed by atoms with Crippen molar-refractivity contribution < 1.29 is 4.79 Å². The van der Waals surface area contributed by atoms with Gasteiger partial charge in [-0.15, -0.1) is 0 Å². The third kappa shape index (κ3) is 16.9. The van der Waals surface area contributed by atoms with Gasteiger partial charge in [0.25, 0.3) is 0 Å². The van der Waals surface area contributed by atoms with Crippen molar-refractivity contribution in [2.24, 2.45) is 11.7 Å². The van der Waals surface area contributed by atoms with Crippen molar-refractivity contribution in [1.82, 2.24) is 0 Å². The predicted octanol–water partition coefficient (Wildman–Crippen LogP) is 5.45. The summed E-state index contributed by atoms with van der Waals surface area (Å²) in [6.45, 7) is 14.2. The van der Waals surface area contributed by atoms with Crippen LogP contribution in [0.1, 0.15) is 71.4 Å². The van der Waals surface area contributed by atoms with Crippen LogP contribution in [0, 0.1) is 19.8 Å². The van der Waals surface area contributed by atoms with E-state index in [0.717, 1.165) is 5.92 Å². The molecule has 0 saturated carbocycles. The van der Waals surface area contributed by atoms with Crippen LogP contribution in [0.3, 0.4) is 0 Å². The molecule has 0 aliphatic rings. The summed E-state index contributed by atoms with van der Waals surface area (Å²) in [4.78, 5) is 10.0. The number of hydrogen-bond acceptors (Lipinski definition) is 2. The molecule has 0 fully saturated rings. The lowest BCUT2D eigenvalue weighted by atomic mass is 10.0. The van der Waals surface area contributed by atoms with Gasteiger partial charge in [-0.05, 0) is 33.6 Å². The van der Waals surface area contributed by atoms with Crippen LogP contribution in [0.2, 0.25) is 0 Å².